The molecule has 0 bridgehead atoms. The maximum Gasteiger partial charge on any atom is 0.257 e. The van der Waals surface area contributed by atoms with Gasteiger partial charge in [-0.15, -0.1) is 11.8 Å². The van der Waals surface area contributed by atoms with E-state index in [9.17, 15) is 9.59 Å². The number of benzene rings is 1. The quantitative estimate of drug-likeness (QED) is 0.875. The Kier molecular flexibility index (Phi) is 4.81. The zero-order valence-corrected chi connectivity index (χ0v) is 13.9. The third-order valence-electron chi connectivity index (χ3n) is 3.98. The fourth-order valence-corrected chi connectivity index (χ4v) is 3.26. The van der Waals surface area contributed by atoms with E-state index in [0.29, 0.717) is 0 Å². The fraction of sp³-hybridized carbons (Fsp3) is 0.353. The number of aromatic nitrogens is 2. The van der Waals surface area contributed by atoms with Crippen LogP contribution in [0.2, 0.25) is 0 Å². The number of hydrogen-bond donors (Lipinski definition) is 1. The Balaban J connectivity index is 1.74. The molecule has 0 aliphatic heterocycles. The largest absolute Gasteiger partial charge is 0.324 e. The summed E-state index contributed by atoms with van der Waals surface area (Å²) in [6.07, 6.45) is 7.19. The number of aryl methyl sites for hydroxylation is 1. The summed E-state index contributed by atoms with van der Waals surface area (Å²) in [6.45, 7) is -0.0113. The lowest BCUT2D eigenvalue weighted by atomic mass is 9.97. The van der Waals surface area contributed by atoms with Gasteiger partial charge in [0.1, 0.15) is 6.54 Å². The highest BCUT2D eigenvalue weighted by molar-refractivity contribution is 7.98. The van der Waals surface area contributed by atoms with Crippen molar-refractivity contribution in [3.8, 4) is 0 Å². The smallest absolute Gasteiger partial charge is 0.257 e. The van der Waals surface area contributed by atoms with Gasteiger partial charge >= 0.3 is 0 Å². The van der Waals surface area contributed by atoms with E-state index in [0.717, 1.165) is 47.5 Å². The number of anilines is 1. The van der Waals surface area contributed by atoms with Crippen LogP contribution in [0.5, 0.6) is 0 Å². The number of rotatable bonds is 4. The Morgan fingerprint density at radius 1 is 1.35 bits per heavy atom. The van der Waals surface area contributed by atoms with Gasteiger partial charge < -0.3 is 5.32 Å². The number of carbonyl (C=O) groups excluding carboxylic acids is 1. The molecule has 0 saturated carbocycles. The lowest BCUT2D eigenvalue weighted by Gasteiger charge is -2.15. The third kappa shape index (κ3) is 3.64. The minimum Gasteiger partial charge on any atom is -0.324 e. The molecule has 0 unspecified atom stereocenters. The zero-order chi connectivity index (χ0) is 16.2. The van der Waals surface area contributed by atoms with Gasteiger partial charge in [0.25, 0.3) is 5.56 Å². The lowest BCUT2D eigenvalue weighted by molar-refractivity contribution is -0.116. The first kappa shape index (κ1) is 15.8. The molecule has 0 radical (unpaired) electrons. The van der Waals surface area contributed by atoms with Crippen LogP contribution in [-0.2, 0) is 24.2 Å². The molecule has 1 aromatic heterocycles. The van der Waals surface area contributed by atoms with E-state index in [-0.39, 0.29) is 18.0 Å². The molecule has 0 fully saturated rings. The van der Waals surface area contributed by atoms with Crippen molar-refractivity contribution in [2.45, 2.75) is 37.1 Å². The predicted octanol–water partition coefficient (Wildman–Crippen LogP) is 2.48. The maximum atomic E-state index is 12.4. The molecular formula is C17H19N3O2S. The van der Waals surface area contributed by atoms with Gasteiger partial charge in [-0.25, -0.2) is 4.98 Å². The molecule has 1 aromatic carbocycles. The Morgan fingerprint density at radius 2 is 2.17 bits per heavy atom. The number of fused-ring (bicyclic) bond motifs is 1. The normalized spacial score (nSPS) is 13.4. The highest BCUT2D eigenvalue weighted by Gasteiger charge is 2.16. The molecule has 1 N–H and O–H groups in total. The van der Waals surface area contributed by atoms with Gasteiger partial charge in [-0.3, -0.25) is 14.2 Å². The standard InChI is InChI=1S/C17H19N3O2S/c1-23-13-6-4-5-12(9-13)19-16(21)10-20-11-18-15-8-3-2-7-14(15)17(20)22/h4-6,9,11H,2-3,7-8,10H2,1H3,(H,19,21). The van der Waals surface area contributed by atoms with Crippen LogP contribution in [0.3, 0.4) is 0 Å². The van der Waals surface area contributed by atoms with Crippen LogP contribution < -0.4 is 10.9 Å². The monoisotopic (exact) mass is 329 g/mol. The lowest BCUT2D eigenvalue weighted by Crippen LogP contribution is -2.32. The first-order chi connectivity index (χ1) is 11.2. The van der Waals surface area contributed by atoms with Crippen molar-refractivity contribution in [3.05, 3.63) is 52.2 Å². The molecule has 2 aromatic rings. The average Bonchev–Trinajstić information content (AvgIpc) is 2.58. The van der Waals surface area contributed by atoms with Crippen molar-refractivity contribution >= 4 is 23.4 Å². The Hall–Kier alpha value is -2.08. The van der Waals surface area contributed by atoms with Crippen LogP contribution in [0.25, 0.3) is 0 Å². The van der Waals surface area contributed by atoms with Crippen LogP contribution in [0, 0.1) is 0 Å². The average molecular weight is 329 g/mol. The molecule has 1 aliphatic rings. The fourth-order valence-electron chi connectivity index (χ4n) is 2.80. The number of thioether (sulfide) groups is 1. The molecule has 23 heavy (non-hydrogen) atoms. The second-order valence-corrected chi connectivity index (χ2v) is 6.47. The van der Waals surface area contributed by atoms with E-state index in [2.05, 4.69) is 10.3 Å². The topological polar surface area (TPSA) is 64.0 Å². The van der Waals surface area contributed by atoms with E-state index in [1.54, 1.807) is 11.8 Å². The molecular weight excluding hydrogens is 310 g/mol. The molecule has 0 spiro atoms. The van der Waals surface area contributed by atoms with Crippen LogP contribution in [0.1, 0.15) is 24.1 Å². The summed E-state index contributed by atoms with van der Waals surface area (Å²) in [5, 5.41) is 2.83. The molecule has 3 rings (SSSR count). The summed E-state index contributed by atoms with van der Waals surface area (Å²) in [7, 11) is 0. The SMILES string of the molecule is CSc1cccc(NC(=O)Cn2cnc3c(c2=O)CCCC3)c1. The van der Waals surface area contributed by atoms with Gasteiger partial charge in [0.2, 0.25) is 5.91 Å². The second-order valence-electron chi connectivity index (χ2n) is 5.59. The molecule has 0 atom stereocenters. The summed E-state index contributed by atoms with van der Waals surface area (Å²) in [5.41, 5.74) is 2.32. The van der Waals surface area contributed by atoms with Crippen molar-refractivity contribution in [2.75, 3.05) is 11.6 Å². The van der Waals surface area contributed by atoms with E-state index in [4.69, 9.17) is 0 Å². The zero-order valence-electron chi connectivity index (χ0n) is 13.0. The maximum absolute atomic E-state index is 12.4. The number of amides is 1. The van der Waals surface area contributed by atoms with E-state index in [1.807, 2.05) is 30.5 Å². The van der Waals surface area contributed by atoms with Gasteiger partial charge in [-0.2, -0.15) is 0 Å². The molecule has 1 amide bonds. The van der Waals surface area contributed by atoms with Crippen molar-refractivity contribution in [3.63, 3.8) is 0 Å². The molecule has 0 saturated heterocycles. The molecule has 1 heterocycles. The highest BCUT2D eigenvalue weighted by Crippen LogP contribution is 2.19. The van der Waals surface area contributed by atoms with Crippen LogP contribution in [0.15, 0.2) is 40.3 Å². The summed E-state index contributed by atoms with van der Waals surface area (Å²) < 4.78 is 1.40. The first-order valence-electron chi connectivity index (χ1n) is 7.68. The van der Waals surface area contributed by atoms with Crippen molar-refractivity contribution in [1.29, 1.82) is 0 Å². The number of nitrogens with zero attached hydrogens (tertiary/aromatic N) is 2. The summed E-state index contributed by atoms with van der Waals surface area (Å²) in [6, 6.07) is 7.63. The highest BCUT2D eigenvalue weighted by atomic mass is 32.2. The molecule has 1 aliphatic carbocycles. The third-order valence-corrected chi connectivity index (χ3v) is 4.70. The van der Waals surface area contributed by atoms with Gasteiger partial charge in [-0.1, -0.05) is 6.07 Å². The summed E-state index contributed by atoms with van der Waals surface area (Å²) in [4.78, 5) is 30.1. The molecule has 120 valence electrons. The van der Waals surface area contributed by atoms with Crippen molar-refractivity contribution in [2.24, 2.45) is 0 Å². The Morgan fingerprint density at radius 3 is 3.00 bits per heavy atom. The van der Waals surface area contributed by atoms with E-state index < -0.39 is 0 Å². The van der Waals surface area contributed by atoms with E-state index in [1.165, 1.54) is 10.9 Å². The van der Waals surface area contributed by atoms with Gasteiger partial charge in [-0.05, 0) is 50.1 Å². The number of nitrogens with one attached hydrogen (secondary N) is 1. The van der Waals surface area contributed by atoms with Crippen molar-refractivity contribution in [1.82, 2.24) is 9.55 Å². The number of carbonyl (C=O) groups is 1. The Bertz CT molecular complexity index is 786. The first-order valence-corrected chi connectivity index (χ1v) is 8.91. The minimum atomic E-state index is -0.220. The second kappa shape index (κ2) is 7.00. The van der Waals surface area contributed by atoms with Crippen LogP contribution in [-0.4, -0.2) is 21.7 Å². The van der Waals surface area contributed by atoms with Crippen LogP contribution >= 0.6 is 11.8 Å². The minimum absolute atomic E-state index is 0.0113. The van der Waals surface area contributed by atoms with Crippen LogP contribution in [0.4, 0.5) is 5.69 Å². The number of hydrogen-bond acceptors (Lipinski definition) is 4. The summed E-state index contributed by atoms with van der Waals surface area (Å²) in [5.74, 6) is -0.220. The van der Waals surface area contributed by atoms with Gasteiger partial charge in [0.15, 0.2) is 0 Å². The van der Waals surface area contributed by atoms with Crippen molar-refractivity contribution < 1.29 is 4.79 Å². The Labute approximate surface area is 139 Å². The molecule has 6 heteroatoms. The predicted molar refractivity (Wildman–Crippen MR) is 92.0 cm³/mol. The summed E-state index contributed by atoms with van der Waals surface area (Å²) >= 11 is 1.62. The van der Waals surface area contributed by atoms with Gasteiger partial charge in [0.05, 0.1) is 12.0 Å². The van der Waals surface area contributed by atoms with Gasteiger partial charge in [0, 0.05) is 16.1 Å². The van der Waals surface area contributed by atoms with E-state index >= 15 is 0 Å². The molecule has 5 nitrogen and oxygen atoms in total.